The van der Waals surface area contributed by atoms with Crippen LogP contribution in [0.3, 0.4) is 0 Å². The first-order valence-electron chi connectivity index (χ1n) is 12.9. The molecular formula is C29H33F5O. The molecule has 190 valence electrons. The molecule has 0 radical (unpaired) electrons. The Kier molecular flexibility index (Phi) is 8.37. The summed E-state index contributed by atoms with van der Waals surface area (Å²) in [6.07, 6.45) is 7.17. The molecule has 2 atom stereocenters. The lowest BCUT2D eigenvalue weighted by Crippen LogP contribution is -2.34. The van der Waals surface area contributed by atoms with Gasteiger partial charge >= 0.3 is 6.18 Å². The minimum Gasteiger partial charge on any atom is -0.378 e. The van der Waals surface area contributed by atoms with Gasteiger partial charge in [-0.3, -0.25) is 0 Å². The Hall–Kier alpha value is -2.13. The number of alkyl halides is 3. The minimum atomic E-state index is -4.81. The monoisotopic (exact) mass is 492 g/mol. The zero-order valence-corrected chi connectivity index (χ0v) is 20.2. The first-order valence-corrected chi connectivity index (χ1v) is 12.9. The van der Waals surface area contributed by atoms with Crippen molar-refractivity contribution in [3.8, 4) is 11.8 Å². The second-order valence-electron chi connectivity index (χ2n) is 10.2. The van der Waals surface area contributed by atoms with Crippen LogP contribution in [0.2, 0.25) is 0 Å². The summed E-state index contributed by atoms with van der Waals surface area (Å²) < 4.78 is 72.5. The highest BCUT2D eigenvalue weighted by molar-refractivity contribution is 5.85. The van der Waals surface area contributed by atoms with Crippen LogP contribution in [0.5, 0.6) is 0 Å². The van der Waals surface area contributed by atoms with Crippen molar-refractivity contribution in [2.24, 2.45) is 11.8 Å². The van der Waals surface area contributed by atoms with Crippen molar-refractivity contribution < 1.29 is 26.7 Å². The Balaban J connectivity index is 1.37. The predicted octanol–water partition coefficient (Wildman–Crippen LogP) is 8.68. The van der Waals surface area contributed by atoms with E-state index < -0.39 is 23.4 Å². The molecule has 0 amide bonds. The second-order valence-corrected chi connectivity index (χ2v) is 10.2. The van der Waals surface area contributed by atoms with Gasteiger partial charge in [-0.25, -0.2) is 8.78 Å². The molecule has 1 aliphatic carbocycles. The maximum Gasteiger partial charge on any atom is 0.458 e. The summed E-state index contributed by atoms with van der Waals surface area (Å²) in [5.41, 5.74) is 0.174. The zero-order chi connectivity index (χ0) is 25.0. The molecule has 0 aromatic heterocycles. The number of ether oxygens (including phenoxy) is 1. The van der Waals surface area contributed by atoms with Gasteiger partial charge in [0.25, 0.3) is 0 Å². The van der Waals surface area contributed by atoms with Crippen LogP contribution in [-0.2, 0) is 4.74 Å². The van der Waals surface area contributed by atoms with Gasteiger partial charge in [0.2, 0.25) is 0 Å². The maximum atomic E-state index is 14.7. The molecule has 2 aromatic carbocycles. The lowest BCUT2D eigenvalue weighted by molar-refractivity contribution is -0.0696. The smallest absolute Gasteiger partial charge is 0.378 e. The van der Waals surface area contributed by atoms with E-state index >= 15 is 0 Å². The molecule has 2 aliphatic rings. The molecule has 2 unspecified atom stereocenters. The van der Waals surface area contributed by atoms with E-state index in [-0.39, 0.29) is 5.39 Å². The molecule has 1 saturated heterocycles. The fraction of sp³-hybridized carbons (Fsp3) is 0.586. The molecule has 4 rings (SSSR count). The van der Waals surface area contributed by atoms with Crippen LogP contribution >= 0.6 is 0 Å². The largest absolute Gasteiger partial charge is 0.458 e. The van der Waals surface area contributed by atoms with Crippen molar-refractivity contribution in [3.63, 3.8) is 0 Å². The highest BCUT2D eigenvalue weighted by Crippen LogP contribution is 2.41. The van der Waals surface area contributed by atoms with Crippen molar-refractivity contribution >= 4 is 10.8 Å². The number of fused-ring (bicyclic) bond motifs is 1. The number of unbranched alkanes of at least 4 members (excludes halogenated alkanes) is 2. The van der Waals surface area contributed by atoms with Gasteiger partial charge in [-0.05, 0) is 79.7 Å². The second kappa shape index (κ2) is 11.3. The minimum absolute atomic E-state index is 0.0828. The maximum absolute atomic E-state index is 14.7. The lowest BCUT2D eigenvalue weighted by Gasteiger charge is -2.38. The summed E-state index contributed by atoms with van der Waals surface area (Å²) in [5, 5.41) is 0.432. The van der Waals surface area contributed by atoms with Gasteiger partial charge in [0.1, 0.15) is 11.6 Å². The molecule has 2 aromatic rings. The van der Waals surface area contributed by atoms with E-state index in [9.17, 15) is 22.0 Å². The fourth-order valence-electron chi connectivity index (χ4n) is 5.78. The van der Waals surface area contributed by atoms with Gasteiger partial charge in [0, 0.05) is 17.9 Å². The molecular weight excluding hydrogens is 459 g/mol. The Bertz CT molecular complexity index is 1060. The summed E-state index contributed by atoms with van der Waals surface area (Å²) in [6.45, 7) is 3.11. The molecule has 1 aliphatic heterocycles. The van der Waals surface area contributed by atoms with Crippen molar-refractivity contribution in [1.29, 1.82) is 0 Å². The van der Waals surface area contributed by atoms with E-state index in [4.69, 9.17) is 4.74 Å². The van der Waals surface area contributed by atoms with Crippen LogP contribution in [0.25, 0.3) is 10.8 Å². The van der Waals surface area contributed by atoms with Crippen LogP contribution in [0.15, 0.2) is 24.3 Å². The Morgan fingerprint density at radius 3 is 2.40 bits per heavy atom. The van der Waals surface area contributed by atoms with E-state index in [0.717, 1.165) is 56.3 Å². The Labute approximate surface area is 204 Å². The van der Waals surface area contributed by atoms with E-state index in [1.807, 2.05) is 6.07 Å². The summed E-state index contributed by atoms with van der Waals surface area (Å²) in [4.78, 5) is 0. The Morgan fingerprint density at radius 2 is 1.74 bits per heavy atom. The van der Waals surface area contributed by atoms with Gasteiger partial charge < -0.3 is 4.74 Å². The molecule has 1 saturated carbocycles. The number of benzene rings is 2. The average Bonchev–Trinajstić information content (AvgIpc) is 2.83. The van der Waals surface area contributed by atoms with Gasteiger partial charge in [-0.15, -0.1) is 0 Å². The quantitative estimate of drug-likeness (QED) is 0.223. The Morgan fingerprint density at radius 1 is 0.971 bits per heavy atom. The van der Waals surface area contributed by atoms with Crippen molar-refractivity contribution in [2.75, 3.05) is 6.61 Å². The van der Waals surface area contributed by atoms with Gasteiger partial charge in [-0.2, -0.15) is 13.2 Å². The van der Waals surface area contributed by atoms with Gasteiger partial charge in [-0.1, -0.05) is 50.3 Å². The number of halogens is 5. The third kappa shape index (κ3) is 6.55. The van der Waals surface area contributed by atoms with Crippen LogP contribution in [0, 0.1) is 35.3 Å². The first-order chi connectivity index (χ1) is 16.7. The molecule has 35 heavy (non-hydrogen) atoms. The standard InChI is InChI=1S/C29H33F5O/c1-2-3-4-5-19-6-13-27(35-18-19)21-9-7-20(8-10-21)22-11-12-24-23(16-22)17-26(30)25(28(24)31)14-15-29(32,33)34/h11-12,16-17,19-21,27H,2-10,13,18H2,1H3. The molecule has 2 fully saturated rings. The molecule has 0 spiro atoms. The topological polar surface area (TPSA) is 9.23 Å². The summed E-state index contributed by atoms with van der Waals surface area (Å²) in [6, 6.07) is 6.20. The highest BCUT2D eigenvalue weighted by atomic mass is 19.4. The number of hydrogen-bond donors (Lipinski definition) is 0. The third-order valence-corrected chi connectivity index (χ3v) is 7.77. The number of hydrogen-bond acceptors (Lipinski definition) is 1. The van der Waals surface area contributed by atoms with Gasteiger partial charge in [0.05, 0.1) is 11.7 Å². The molecule has 1 nitrogen and oxygen atoms in total. The normalized spacial score (nSPS) is 25.3. The van der Waals surface area contributed by atoms with Crippen molar-refractivity contribution in [1.82, 2.24) is 0 Å². The molecule has 0 N–H and O–H groups in total. The van der Waals surface area contributed by atoms with Crippen LogP contribution in [-0.4, -0.2) is 18.9 Å². The van der Waals surface area contributed by atoms with Crippen molar-refractivity contribution in [2.45, 2.75) is 89.3 Å². The third-order valence-electron chi connectivity index (χ3n) is 7.77. The van der Waals surface area contributed by atoms with E-state index in [1.165, 1.54) is 38.2 Å². The zero-order valence-electron chi connectivity index (χ0n) is 20.2. The fourth-order valence-corrected chi connectivity index (χ4v) is 5.78. The molecule has 0 bridgehead atoms. The highest BCUT2D eigenvalue weighted by Gasteiger charge is 2.32. The SMILES string of the molecule is CCCCCC1CCC(C2CCC(c3ccc4c(F)c(C#CC(F)(F)F)c(F)cc4c3)CC2)OC1. The summed E-state index contributed by atoms with van der Waals surface area (Å²) in [7, 11) is 0. The van der Waals surface area contributed by atoms with Crippen LogP contribution in [0.4, 0.5) is 22.0 Å². The summed E-state index contributed by atoms with van der Waals surface area (Å²) in [5.74, 6) is 2.00. The van der Waals surface area contributed by atoms with Gasteiger partial charge in [0.15, 0.2) is 0 Å². The average molecular weight is 493 g/mol. The first kappa shape index (κ1) is 25.9. The van der Waals surface area contributed by atoms with Crippen LogP contribution in [0.1, 0.15) is 88.2 Å². The van der Waals surface area contributed by atoms with Crippen LogP contribution < -0.4 is 0 Å². The lowest BCUT2D eigenvalue weighted by atomic mass is 9.74. The number of rotatable bonds is 6. The molecule has 1 heterocycles. The van der Waals surface area contributed by atoms with Crippen molar-refractivity contribution in [3.05, 3.63) is 47.0 Å². The molecule has 6 heteroatoms. The van der Waals surface area contributed by atoms with E-state index in [0.29, 0.717) is 29.2 Å². The van der Waals surface area contributed by atoms with E-state index in [1.54, 1.807) is 12.0 Å². The summed E-state index contributed by atoms with van der Waals surface area (Å²) >= 11 is 0. The van der Waals surface area contributed by atoms with E-state index in [2.05, 4.69) is 6.92 Å². The predicted molar refractivity (Wildman–Crippen MR) is 128 cm³/mol.